The molecule has 0 atom stereocenters. The summed E-state index contributed by atoms with van der Waals surface area (Å²) in [5.41, 5.74) is 0. The van der Waals surface area contributed by atoms with Gasteiger partial charge in [0.25, 0.3) is 0 Å². The van der Waals surface area contributed by atoms with Crippen LogP contribution in [-0.4, -0.2) is 75.1 Å². The van der Waals surface area contributed by atoms with Gasteiger partial charge in [-0.05, 0) is 13.8 Å². The standard InChI is InChI=1S/C12H21F3N4O3S/c1-11(2)8-19(4-5-23(11,21)22)10(16-3)17-6-9(20)18-7-12(13,14)15/h4-8H2,1-3H3,(H,16,17)(H,18,20). The number of aliphatic imine (C=N–C) groups is 1. The van der Waals surface area contributed by atoms with Crippen molar-refractivity contribution < 1.29 is 26.4 Å². The van der Waals surface area contributed by atoms with Crippen LogP contribution in [0.25, 0.3) is 0 Å². The Kier molecular flexibility index (Phi) is 5.89. The van der Waals surface area contributed by atoms with Crippen molar-refractivity contribution in [3.05, 3.63) is 0 Å². The van der Waals surface area contributed by atoms with Crippen LogP contribution in [-0.2, 0) is 14.6 Å². The summed E-state index contributed by atoms with van der Waals surface area (Å²) in [6, 6.07) is 0. The maximum atomic E-state index is 12.0. The first-order valence-electron chi connectivity index (χ1n) is 6.89. The van der Waals surface area contributed by atoms with Gasteiger partial charge < -0.3 is 15.5 Å². The summed E-state index contributed by atoms with van der Waals surface area (Å²) in [5, 5.41) is 4.38. The van der Waals surface area contributed by atoms with Crippen LogP contribution in [0, 0.1) is 0 Å². The maximum Gasteiger partial charge on any atom is 0.405 e. The molecular formula is C12H21F3N4O3S. The summed E-state index contributed by atoms with van der Waals surface area (Å²) < 4.78 is 58.9. The normalized spacial score (nSPS) is 21.0. The number of amides is 1. The van der Waals surface area contributed by atoms with Gasteiger partial charge in [-0.25, -0.2) is 8.42 Å². The Morgan fingerprint density at radius 3 is 2.39 bits per heavy atom. The summed E-state index contributed by atoms with van der Waals surface area (Å²) in [6.07, 6.45) is -4.47. The number of sulfone groups is 1. The number of nitrogens with one attached hydrogen (secondary N) is 2. The molecule has 0 saturated carbocycles. The molecule has 23 heavy (non-hydrogen) atoms. The second-order valence-corrected chi connectivity index (χ2v) is 8.54. The van der Waals surface area contributed by atoms with E-state index >= 15 is 0 Å². The van der Waals surface area contributed by atoms with Crippen LogP contribution in [0.2, 0.25) is 0 Å². The molecule has 11 heteroatoms. The van der Waals surface area contributed by atoms with Crippen LogP contribution >= 0.6 is 0 Å². The predicted molar refractivity (Wildman–Crippen MR) is 79.9 cm³/mol. The zero-order valence-electron chi connectivity index (χ0n) is 13.2. The molecule has 0 aromatic rings. The molecule has 7 nitrogen and oxygen atoms in total. The van der Waals surface area contributed by atoms with E-state index in [1.54, 1.807) is 24.1 Å². The Balaban J connectivity index is 2.58. The molecule has 0 aromatic heterocycles. The molecule has 0 unspecified atom stereocenters. The lowest BCUT2D eigenvalue weighted by Gasteiger charge is -2.39. The first-order chi connectivity index (χ1) is 10.4. The topological polar surface area (TPSA) is 90.9 Å². The molecule has 0 aromatic carbocycles. The number of carbonyl (C=O) groups is 1. The number of alkyl halides is 3. The van der Waals surface area contributed by atoms with Gasteiger partial charge in [0.15, 0.2) is 15.8 Å². The average Bonchev–Trinajstić information content (AvgIpc) is 2.40. The van der Waals surface area contributed by atoms with Gasteiger partial charge in [0.1, 0.15) is 6.54 Å². The first-order valence-corrected chi connectivity index (χ1v) is 8.54. The van der Waals surface area contributed by atoms with Crippen LogP contribution in [0.4, 0.5) is 13.2 Å². The maximum absolute atomic E-state index is 12.0. The summed E-state index contributed by atoms with van der Waals surface area (Å²) in [7, 11) is -1.77. The summed E-state index contributed by atoms with van der Waals surface area (Å²) in [4.78, 5) is 17.0. The number of rotatable bonds is 3. The van der Waals surface area contributed by atoms with Crippen molar-refractivity contribution in [2.45, 2.75) is 24.8 Å². The third kappa shape index (κ3) is 5.56. The fraction of sp³-hybridized carbons (Fsp3) is 0.833. The van der Waals surface area contributed by atoms with E-state index in [4.69, 9.17) is 0 Å². The highest BCUT2D eigenvalue weighted by Gasteiger charge is 2.41. The molecule has 1 amide bonds. The van der Waals surface area contributed by atoms with E-state index in [-0.39, 0.29) is 31.3 Å². The smallest absolute Gasteiger partial charge is 0.347 e. The highest BCUT2D eigenvalue weighted by atomic mass is 32.2. The van der Waals surface area contributed by atoms with E-state index in [0.29, 0.717) is 0 Å². The van der Waals surface area contributed by atoms with Gasteiger partial charge in [-0.3, -0.25) is 9.79 Å². The number of hydrogen-bond donors (Lipinski definition) is 2. The van der Waals surface area contributed by atoms with Crippen molar-refractivity contribution in [3.63, 3.8) is 0 Å². The number of halogens is 3. The minimum atomic E-state index is -4.47. The third-order valence-electron chi connectivity index (χ3n) is 3.45. The Morgan fingerprint density at radius 1 is 1.30 bits per heavy atom. The molecule has 0 bridgehead atoms. The highest BCUT2D eigenvalue weighted by Crippen LogP contribution is 2.23. The van der Waals surface area contributed by atoms with Gasteiger partial charge in [-0.2, -0.15) is 13.2 Å². The van der Waals surface area contributed by atoms with E-state index in [2.05, 4.69) is 10.3 Å². The minimum absolute atomic E-state index is 0.0546. The van der Waals surface area contributed by atoms with Crippen molar-refractivity contribution in [2.75, 3.05) is 39.0 Å². The van der Waals surface area contributed by atoms with Gasteiger partial charge in [0.05, 0.1) is 17.0 Å². The van der Waals surface area contributed by atoms with Gasteiger partial charge in [-0.1, -0.05) is 0 Å². The molecule has 1 saturated heterocycles. The van der Waals surface area contributed by atoms with Gasteiger partial charge in [0, 0.05) is 20.1 Å². The van der Waals surface area contributed by atoms with Gasteiger partial charge >= 0.3 is 6.18 Å². The van der Waals surface area contributed by atoms with E-state index < -0.39 is 33.2 Å². The SMILES string of the molecule is CN=C(NCC(=O)NCC(F)(F)F)N1CCS(=O)(=O)C(C)(C)C1. The Labute approximate surface area is 133 Å². The second-order valence-electron chi connectivity index (χ2n) is 5.79. The fourth-order valence-corrected chi connectivity index (χ4v) is 3.44. The molecule has 0 spiro atoms. The van der Waals surface area contributed by atoms with Gasteiger partial charge in [0.2, 0.25) is 5.91 Å². The van der Waals surface area contributed by atoms with Crippen LogP contribution in [0.1, 0.15) is 13.8 Å². The Morgan fingerprint density at radius 2 is 1.91 bits per heavy atom. The van der Waals surface area contributed by atoms with E-state index in [9.17, 15) is 26.4 Å². The first kappa shape index (κ1) is 19.5. The largest absolute Gasteiger partial charge is 0.405 e. The molecule has 1 fully saturated rings. The third-order valence-corrected chi connectivity index (χ3v) is 5.98. The van der Waals surface area contributed by atoms with E-state index in [1.165, 1.54) is 7.05 Å². The number of nitrogens with zero attached hydrogens (tertiary/aromatic N) is 2. The van der Waals surface area contributed by atoms with Crippen molar-refractivity contribution in [1.82, 2.24) is 15.5 Å². The second kappa shape index (κ2) is 6.93. The minimum Gasteiger partial charge on any atom is -0.347 e. The Hall–Kier alpha value is -1.52. The lowest BCUT2D eigenvalue weighted by molar-refractivity contribution is -0.137. The molecule has 0 radical (unpaired) electrons. The van der Waals surface area contributed by atoms with Crippen molar-refractivity contribution in [3.8, 4) is 0 Å². The zero-order chi connectivity index (χ0) is 17.9. The lowest BCUT2D eigenvalue weighted by atomic mass is 10.2. The fourth-order valence-electron chi connectivity index (χ4n) is 2.08. The Bertz CT molecular complexity index is 573. The number of carbonyl (C=O) groups excluding carboxylic acids is 1. The zero-order valence-corrected chi connectivity index (χ0v) is 14.0. The molecule has 2 N–H and O–H groups in total. The highest BCUT2D eigenvalue weighted by molar-refractivity contribution is 7.92. The lowest BCUT2D eigenvalue weighted by Crippen LogP contribution is -2.58. The number of guanidine groups is 1. The average molecular weight is 358 g/mol. The van der Waals surface area contributed by atoms with Crippen molar-refractivity contribution in [2.24, 2.45) is 4.99 Å². The quantitative estimate of drug-likeness (QED) is 0.536. The van der Waals surface area contributed by atoms with Crippen molar-refractivity contribution >= 4 is 21.7 Å². The van der Waals surface area contributed by atoms with Crippen LogP contribution in [0.3, 0.4) is 0 Å². The summed E-state index contributed by atoms with van der Waals surface area (Å²) in [5.74, 6) is -0.608. The van der Waals surface area contributed by atoms with E-state index in [1.807, 2.05) is 0 Å². The summed E-state index contributed by atoms with van der Waals surface area (Å²) >= 11 is 0. The molecular weight excluding hydrogens is 337 g/mol. The molecule has 1 heterocycles. The molecule has 1 rings (SSSR count). The molecule has 0 aliphatic carbocycles. The van der Waals surface area contributed by atoms with E-state index in [0.717, 1.165) is 0 Å². The monoisotopic (exact) mass is 358 g/mol. The molecule has 1 aliphatic heterocycles. The summed E-state index contributed by atoms with van der Waals surface area (Å²) in [6.45, 7) is 1.79. The molecule has 1 aliphatic rings. The number of hydrogen-bond acceptors (Lipinski definition) is 4. The molecule has 134 valence electrons. The van der Waals surface area contributed by atoms with Crippen LogP contribution in [0.5, 0.6) is 0 Å². The van der Waals surface area contributed by atoms with Crippen LogP contribution < -0.4 is 10.6 Å². The van der Waals surface area contributed by atoms with Gasteiger partial charge in [-0.15, -0.1) is 0 Å². The predicted octanol–water partition coefficient (Wildman–Crippen LogP) is -0.251. The van der Waals surface area contributed by atoms with Crippen LogP contribution in [0.15, 0.2) is 4.99 Å². The van der Waals surface area contributed by atoms with Crippen molar-refractivity contribution in [1.29, 1.82) is 0 Å².